The number of nitrogens with one attached hydrogen (secondary N) is 1. The molecule has 32 heavy (non-hydrogen) atoms. The van der Waals surface area contributed by atoms with Crippen molar-refractivity contribution < 1.29 is 19.4 Å². The van der Waals surface area contributed by atoms with Crippen LogP contribution in [0.1, 0.15) is 67.4 Å². The maximum Gasteiger partial charge on any atom is 0.255 e. The van der Waals surface area contributed by atoms with E-state index in [2.05, 4.69) is 52.8 Å². The summed E-state index contributed by atoms with van der Waals surface area (Å²) in [5, 5.41) is 14.9. The van der Waals surface area contributed by atoms with Gasteiger partial charge in [0.1, 0.15) is 0 Å². The zero-order chi connectivity index (χ0) is 22.1. The normalized spacial score (nSPS) is 12.5. The van der Waals surface area contributed by atoms with E-state index in [1.165, 1.54) is 11.1 Å². The smallest absolute Gasteiger partial charge is 0.255 e. The van der Waals surface area contributed by atoms with Crippen molar-refractivity contribution in [2.24, 2.45) is 0 Å². The number of hydrogen-bond donors (Lipinski definition) is 2. The molecule has 170 valence electrons. The third kappa shape index (κ3) is 6.93. The predicted molar refractivity (Wildman–Crippen MR) is 131 cm³/mol. The van der Waals surface area contributed by atoms with E-state index in [1.54, 1.807) is 24.3 Å². The number of benzene rings is 3. The number of hydrogen-bond acceptors (Lipinski definition) is 5. The monoisotopic (exact) mass is 453 g/mol. The second-order valence-electron chi connectivity index (χ2n) is 7.45. The fourth-order valence-corrected chi connectivity index (χ4v) is 4.13. The summed E-state index contributed by atoms with van der Waals surface area (Å²) >= 11 is 0.810. The van der Waals surface area contributed by atoms with Crippen LogP contribution in [0.25, 0.3) is 0 Å². The molecule has 0 spiro atoms. The van der Waals surface area contributed by atoms with E-state index in [4.69, 9.17) is 5.26 Å². The van der Waals surface area contributed by atoms with Crippen LogP contribution in [0, 0.1) is 0 Å². The van der Waals surface area contributed by atoms with Crippen LogP contribution >= 0.6 is 12.0 Å². The number of rotatable bonds is 10. The zero-order valence-corrected chi connectivity index (χ0v) is 18.5. The van der Waals surface area contributed by atoms with E-state index in [-0.39, 0.29) is 13.3 Å². The van der Waals surface area contributed by atoms with E-state index < -0.39 is 0 Å². The molecule has 0 aliphatic rings. The highest BCUT2D eigenvalue weighted by Crippen LogP contribution is 2.32. The first kappa shape index (κ1) is 25.6. The van der Waals surface area contributed by atoms with Crippen molar-refractivity contribution in [2.75, 3.05) is 5.32 Å². The van der Waals surface area contributed by atoms with E-state index >= 15 is 0 Å². The van der Waals surface area contributed by atoms with Gasteiger partial charge < -0.3 is 5.32 Å². The molecule has 3 aromatic carbocycles. The highest BCUT2D eigenvalue weighted by molar-refractivity contribution is 7.94. The second-order valence-corrected chi connectivity index (χ2v) is 8.19. The lowest BCUT2D eigenvalue weighted by Crippen LogP contribution is -2.12. The molecule has 2 unspecified atom stereocenters. The van der Waals surface area contributed by atoms with E-state index in [0.717, 1.165) is 24.9 Å². The van der Waals surface area contributed by atoms with Gasteiger partial charge >= 0.3 is 0 Å². The van der Waals surface area contributed by atoms with Gasteiger partial charge in [0, 0.05) is 5.56 Å². The second kappa shape index (κ2) is 13.0. The van der Waals surface area contributed by atoms with Gasteiger partial charge in [-0.05, 0) is 60.1 Å². The molecule has 2 atom stereocenters. The fraction of sp³-hybridized carbons (Fsp3) is 0.269. The Morgan fingerprint density at radius 2 is 1.62 bits per heavy atom. The first-order valence-corrected chi connectivity index (χ1v) is 11.1. The van der Waals surface area contributed by atoms with Gasteiger partial charge in [0.15, 0.2) is 0 Å². The minimum absolute atomic E-state index is 0. The molecule has 5 nitrogen and oxygen atoms in total. The van der Waals surface area contributed by atoms with Crippen molar-refractivity contribution in [3.8, 4) is 0 Å². The third-order valence-electron chi connectivity index (χ3n) is 5.43. The van der Waals surface area contributed by atoms with Crippen molar-refractivity contribution in [1.82, 2.24) is 0 Å². The molecule has 6 heteroatoms. The summed E-state index contributed by atoms with van der Waals surface area (Å²) in [7, 11) is 0. The molecule has 3 aromatic rings. The molecule has 0 aromatic heterocycles. The Balaban J connectivity index is 0.00000363. The molecular weight excluding hydrogens is 422 g/mol. The molecule has 0 fully saturated rings. The van der Waals surface area contributed by atoms with Crippen LogP contribution in [-0.2, 0) is 9.37 Å². The summed E-state index contributed by atoms with van der Waals surface area (Å²) in [6.07, 6.45) is 2.15. The first-order chi connectivity index (χ1) is 15.1. The largest absolute Gasteiger partial charge is 0.321 e. The summed E-state index contributed by atoms with van der Waals surface area (Å²) in [5.41, 5.74) is 3.74. The molecule has 1 amide bonds. The Morgan fingerprint density at radius 3 is 2.28 bits per heavy atom. The van der Waals surface area contributed by atoms with E-state index in [1.807, 2.05) is 30.3 Å². The van der Waals surface area contributed by atoms with E-state index in [9.17, 15) is 4.79 Å². The summed E-state index contributed by atoms with van der Waals surface area (Å²) in [6, 6.07) is 25.5. The van der Waals surface area contributed by atoms with Crippen molar-refractivity contribution in [2.45, 2.75) is 50.8 Å². The molecule has 0 saturated carbocycles. The molecule has 0 bridgehead atoms. The van der Waals surface area contributed by atoms with Gasteiger partial charge in [0.2, 0.25) is 0 Å². The van der Waals surface area contributed by atoms with Gasteiger partial charge in [0.05, 0.1) is 22.6 Å². The molecule has 0 radical (unpaired) electrons. The van der Waals surface area contributed by atoms with Crippen LogP contribution in [0.3, 0.4) is 0 Å². The van der Waals surface area contributed by atoms with Gasteiger partial charge in [-0.3, -0.25) is 4.79 Å². The van der Waals surface area contributed by atoms with Crippen LogP contribution in [-0.4, -0.2) is 11.2 Å². The van der Waals surface area contributed by atoms with Crippen LogP contribution in [0.2, 0.25) is 0 Å². The Morgan fingerprint density at radius 1 is 0.969 bits per heavy atom. The number of carbonyl (C=O) groups excluding carboxylic acids is 1. The molecule has 2 N–H and O–H groups in total. The standard InChI is InChI=1S/C25H27NO4S.CH4/c1-3-19(21-9-5-4-6-10-21)17-18(2)20-13-15-22(16-14-20)25(27)26-23-11-7-8-12-24(23)31-30-29-28;/h4-16,18-19,28H,3,17H2,1-2H3,(H,26,27);1H4. The average molecular weight is 454 g/mol. The molecule has 0 aliphatic carbocycles. The topological polar surface area (TPSA) is 67.8 Å². The van der Waals surface area contributed by atoms with Gasteiger partial charge in [-0.2, -0.15) is 0 Å². The average Bonchev–Trinajstić information content (AvgIpc) is 2.82. The summed E-state index contributed by atoms with van der Waals surface area (Å²) < 4.78 is 4.48. The van der Waals surface area contributed by atoms with Crippen molar-refractivity contribution in [3.05, 3.63) is 95.6 Å². The number of carbonyl (C=O) groups is 1. The van der Waals surface area contributed by atoms with Gasteiger partial charge in [0.25, 0.3) is 5.91 Å². The molecule has 0 heterocycles. The SMILES string of the molecule is C.CCC(CC(C)c1ccc(C(=O)Nc2ccccc2SOOO)cc1)c1ccccc1. The van der Waals surface area contributed by atoms with Gasteiger partial charge in [-0.15, -0.1) is 4.33 Å². The molecule has 3 rings (SSSR count). The third-order valence-corrected chi connectivity index (χ3v) is 6.10. The molecular formula is C26H31NO4S. The van der Waals surface area contributed by atoms with E-state index in [0.29, 0.717) is 28.0 Å². The lowest BCUT2D eigenvalue weighted by Gasteiger charge is -2.21. The lowest BCUT2D eigenvalue weighted by atomic mass is 9.84. The summed E-state index contributed by atoms with van der Waals surface area (Å²) in [4.78, 5) is 13.3. The summed E-state index contributed by atoms with van der Waals surface area (Å²) in [5.74, 6) is 0.682. The minimum atomic E-state index is -0.215. The maximum absolute atomic E-state index is 12.7. The Hall–Kier alpha value is -2.64. The van der Waals surface area contributed by atoms with Gasteiger partial charge in [-0.1, -0.05) is 80.9 Å². The molecule has 0 aliphatic heterocycles. The van der Waals surface area contributed by atoms with Crippen LogP contribution in [0.15, 0.2) is 83.8 Å². The highest BCUT2D eigenvalue weighted by atomic mass is 32.2. The van der Waals surface area contributed by atoms with Crippen LogP contribution in [0.5, 0.6) is 0 Å². The lowest BCUT2D eigenvalue weighted by molar-refractivity contribution is -0.432. The Bertz CT molecular complexity index is 963. The minimum Gasteiger partial charge on any atom is -0.321 e. The van der Waals surface area contributed by atoms with Crippen LogP contribution in [0.4, 0.5) is 5.69 Å². The van der Waals surface area contributed by atoms with Crippen molar-refractivity contribution in [1.29, 1.82) is 0 Å². The maximum atomic E-state index is 12.7. The predicted octanol–water partition coefficient (Wildman–Crippen LogP) is 7.69. The fourth-order valence-electron chi connectivity index (χ4n) is 3.68. The number of para-hydroxylation sites is 1. The van der Waals surface area contributed by atoms with Crippen molar-refractivity contribution >= 4 is 23.6 Å². The van der Waals surface area contributed by atoms with Crippen LogP contribution < -0.4 is 5.32 Å². The zero-order valence-electron chi connectivity index (χ0n) is 17.7. The first-order valence-electron chi connectivity index (χ1n) is 10.3. The highest BCUT2D eigenvalue weighted by Gasteiger charge is 2.16. The van der Waals surface area contributed by atoms with Crippen molar-refractivity contribution in [3.63, 3.8) is 0 Å². The molecule has 0 saturated heterocycles. The number of anilines is 1. The Kier molecular flexibility index (Phi) is 10.4. The summed E-state index contributed by atoms with van der Waals surface area (Å²) in [6.45, 7) is 4.46. The quantitative estimate of drug-likeness (QED) is 0.187. The van der Waals surface area contributed by atoms with Gasteiger partial charge in [-0.25, -0.2) is 5.26 Å². The Labute approximate surface area is 194 Å². The number of amides is 1.